The van der Waals surface area contributed by atoms with Gasteiger partial charge >= 0.3 is 11.9 Å². The van der Waals surface area contributed by atoms with Crippen LogP contribution >= 0.6 is 0 Å². The van der Waals surface area contributed by atoms with Crippen LogP contribution in [0, 0.1) is 0 Å². The van der Waals surface area contributed by atoms with E-state index in [2.05, 4.69) is 62.5 Å². The predicted octanol–water partition coefficient (Wildman–Crippen LogP) is 15.1. The Morgan fingerprint density at radius 2 is 0.780 bits per heavy atom. The van der Waals surface area contributed by atoms with E-state index >= 15 is 0 Å². The molecule has 0 amide bonds. The number of rotatable bonds is 39. The van der Waals surface area contributed by atoms with Gasteiger partial charge in [-0.2, -0.15) is 0 Å². The molecule has 4 nitrogen and oxygen atoms in total. The number of carbonyl (C=O) groups excluding carboxylic acids is 1. The first-order chi connectivity index (χ1) is 24.6. The molecular formula is C46H82O4. The fourth-order valence-electron chi connectivity index (χ4n) is 6.30. The molecule has 1 atom stereocenters. The van der Waals surface area contributed by atoms with Crippen molar-refractivity contribution in [2.45, 2.75) is 232 Å². The van der Waals surface area contributed by atoms with Crippen molar-refractivity contribution in [3.05, 3.63) is 48.6 Å². The van der Waals surface area contributed by atoms with Crippen LogP contribution in [-0.2, 0) is 14.3 Å². The minimum Gasteiger partial charge on any atom is -0.481 e. The van der Waals surface area contributed by atoms with E-state index in [1.807, 2.05) is 0 Å². The molecule has 4 heteroatoms. The minimum atomic E-state index is -0.705. The number of ether oxygens (including phenoxy) is 1. The van der Waals surface area contributed by atoms with Crippen molar-refractivity contribution in [3.63, 3.8) is 0 Å². The molecule has 0 aliphatic rings. The second kappa shape index (κ2) is 41.3. The first kappa shape index (κ1) is 47.9. The van der Waals surface area contributed by atoms with Gasteiger partial charge in [0.15, 0.2) is 0 Å². The zero-order valence-electron chi connectivity index (χ0n) is 33.2. The van der Waals surface area contributed by atoms with E-state index in [0.717, 1.165) is 83.5 Å². The molecule has 0 bridgehead atoms. The van der Waals surface area contributed by atoms with Crippen molar-refractivity contribution in [2.24, 2.45) is 0 Å². The number of allylic oxidation sites excluding steroid dienone is 8. The molecule has 0 spiro atoms. The second-order valence-electron chi connectivity index (χ2n) is 14.5. The summed E-state index contributed by atoms with van der Waals surface area (Å²) in [5.74, 6) is -0.723. The van der Waals surface area contributed by atoms with E-state index in [9.17, 15) is 9.59 Å². The van der Waals surface area contributed by atoms with Crippen LogP contribution < -0.4 is 0 Å². The molecule has 1 N–H and O–H groups in total. The van der Waals surface area contributed by atoms with E-state index in [-0.39, 0.29) is 18.5 Å². The number of carboxylic acid groups (broad SMARTS) is 1. The topological polar surface area (TPSA) is 63.6 Å². The number of esters is 1. The number of hydrogen-bond acceptors (Lipinski definition) is 3. The highest BCUT2D eigenvalue weighted by Crippen LogP contribution is 2.18. The molecule has 50 heavy (non-hydrogen) atoms. The number of carboxylic acids is 1. The summed E-state index contributed by atoms with van der Waals surface area (Å²) in [7, 11) is 0. The molecule has 0 saturated heterocycles. The van der Waals surface area contributed by atoms with E-state index in [0.29, 0.717) is 6.42 Å². The quantitative estimate of drug-likeness (QED) is 0.0394. The van der Waals surface area contributed by atoms with Gasteiger partial charge in [0, 0.05) is 12.8 Å². The first-order valence-electron chi connectivity index (χ1n) is 21.6. The molecule has 0 fully saturated rings. The summed E-state index contributed by atoms with van der Waals surface area (Å²) < 4.78 is 6.01. The summed E-state index contributed by atoms with van der Waals surface area (Å²) >= 11 is 0. The summed E-state index contributed by atoms with van der Waals surface area (Å²) in [6, 6.07) is 0. The lowest BCUT2D eigenvalue weighted by Crippen LogP contribution is -2.18. The van der Waals surface area contributed by atoms with Crippen LogP contribution in [0.2, 0.25) is 0 Å². The molecular weight excluding hydrogens is 617 g/mol. The number of aliphatic carboxylic acids is 1. The van der Waals surface area contributed by atoms with E-state index in [1.165, 1.54) is 116 Å². The zero-order valence-corrected chi connectivity index (χ0v) is 33.2. The second-order valence-corrected chi connectivity index (χ2v) is 14.5. The van der Waals surface area contributed by atoms with Gasteiger partial charge in [-0.1, -0.05) is 159 Å². The molecule has 0 aliphatic heterocycles. The molecule has 0 aromatic rings. The highest BCUT2D eigenvalue weighted by Gasteiger charge is 2.14. The highest BCUT2D eigenvalue weighted by atomic mass is 16.5. The van der Waals surface area contributed by atoms with Crippen LogP contribution in [0.4, 0.5) is 0 Å². The summed E-state index contributed by atoms with van der Waals surface area (Å²) in [6.45, 7) is 4.52. The first-order valence-corrected chi connectivity index (χ1v) is 21.6. The van der Waals surface area contributed by atoms with Gasteiger partial charge in [0.05, 0.1) is 0 Å². The Morgan fingerprint density at radius 3 is 1.24 bits per heavy atom. The Morgan fingerprint density at radius 1 is 0.440 bits per heavy atom. The van der Waals surface area contributed by atoms with Gasteiger partial charge in [-0.05, 0) is 103 Å². The van der Waals surface area contributed by atoms with Crippen molar-refractivity contribution in [1.29, 1.82) is 0 Å². The molecule has 0 rings (SSSR count). The third-order valence-corrected chi connectivity index (χ3v) is 9.52. The fourth-order valence-corrected chi connectivity index (χ4v) is 6.30. The predicted molar refractivity (Wildman–Crippen MR) is 218 cm³/mol. The molecule has 0 radical (unpaired) electrons. The monoisotopic (exact) mass is 699 g/mol. The Balaban J connectivity index is 4.09. The number of unbranched alkanes of at least 4 members (excludes halogenated alkanes) is 22. The molecule has 0 heterocycles. The van der Waals surface area contributed by atoms with E-state index < -0.39 is 5.97 Å². The largest absolute Gasteiger partial charge is 0.481 e. The summed E-state index contributed by atoms with van der Waals surface area (Å²) in [4.78, 5) is 23.4. The van der Waals surface area contributed by atoms with Crippen molar-refractivity contribution in [3.8, 4) is 0 Å². The molecule has 0 aromatic heterocycles. The van der Waals surface area contributed by atoms with Gasteiger partial charge in [0.25, 0.3) is 0 Å². The van der Waals surface area contributed by atoms with Gasteiger partial charge in [-0.25, -0.2) is 0 Å². The van der Waals surface area contributed by atoms with E-state index in [4.69, 9.17) is 9.84 Å². The van der Waals surface area contributed by atoms with Crippen LogP contribution in [0.3, 0.4) is 0 Å². The lowest BCUT2D eigenvalue weighted by atomic mass is 10.0. The van der Waals surface area contributed by atoms with Gasteiger partial charge in [0.1, 0.15) is 6.10 Å². The Labute approximate surface area is 311 Å². The van der Waals surface area contributed by atoms with Gasteiger partial charge in [0.2, 0.25) is 0 Å². The smallest absolute Gasteiger partial charge is 0.306 e. The maximum atomic E-state index is 12.7. The lowest BCUT2D eigenvalue weighted by Gasteiger charge is -2.18. The molecule has 290 valence electrons. The van der Waals surface area contributed by atoms with Crippen molar-refractivity contribution in [2.75, 3.05) is 0 Å². The third kappa shape index (κ3) is 40.3. The SMILES string of the molecule is CCCCC/C=C\C/C=C\CCCCCCCCCC(=O)OC(CCCCC/C=C\C/C=C\CCCCCCC)CCCCCCCC(=O)O. The summed E-state index contributed by atoms with van der Waals surface area (Å²) in [5.41, 5.74) is 0. The molecule has 0 saturated carbocycles. The van der Waals surface area contributed by atoms with Gasteiger partial charge in [-0.3, -0.25) is 9.59 Å². The fraction of sp³-hybridized carbons (Fsp3) is 0.783. The van der Waals surface area contributed by atoms with E-state index in [1.54, 1.807) is 0 Å². The Bertz CT molecular complexity index is 839. The molecule has 0 aromatic carbocycles. The van der Waals surface area contributed by atoms with Crippen molar-refractivity contribution < 1.29 is 19.4 Å². The molecule has 1 unspecified atom stereocenters. The third-order valence-electron chi connectivity index (χ3n) is 9.52. The number of hydrogen-bond donors (Lipinski definition) is 1. The lowest BCUT2D eigenvalue weighted by molar-refractivity contribution is -0.150. The van der Waals surface area contributed by atoms with Gasteiger partial charge in [-0.15, -0.1) is 0 Å². The van der Waals surface area contributed by atoms with Crippen LogP contribution in [-0.4, -0.2) is 23.1 Å². The van der Waals surface area contributed by atoms with Crippen molar-refractivity contribution in [1.82, 2.24) is 0 Å². The van der Waals surface area contributed by atoms with Gasteiger partial charge < -0.3 is 9.84 Å². The summed E-state index contributed by atoms with van der Waals surface area (Å²) in [6.07, 6.45) is 55.6. The van der Waals surface area contributed by atoms with Crippen LogP contribution in [0.25, 0.3) is 0 Å². The van der Waals surface area contributed by atoms with Crippen LogP contribution in [0.5, 0.6) is 0 Å². The standard InChI is InChI=1S/C46H82O4/c1-3-5-7-9-11-13-15-17-19-20-22-24-26-28-30-35-39-43-46(49)50-44(41-37-33-31-34-38-42-45(47)48)40-36-32-29-27-25-23-21-18-16-14-12-10-8-6-4-2/h11,13,16-19,23,25,44H,3-10,12,14-15,20-22,24,26-43H2,1-2H3,(H,47,48)/b13-11-,18-16-,19-17-,25-23-. The van der Waals surface area contributed by atoms with Crippen LogP contribution in [0.15, 0.2) is 48.6 Å². The highest BCUT2D eigenvalue weighted by molar-refractivity contribution is 5.69. The Hall–Kier alpha value is -2.10. The zero-order chi connectivity index (χ0) is 36.4. The number of carbonyl (C=O) groups is 2. The maximum absolute atomic E-state index is 12.7. The minimum absolute atomic E-state index is 0.0176. The van der Waals surface area contributed by atoms with Crippen molar-refractivity contribution >= 4 is 11.9 Å². The molecule has 0 aliphatic carbocycles. The Kier molecular flexibility index (Phi) is 39.6. The average Bonchev–Trinajstić information content (AvgIpc) is 3.10. The van der Waals surface area contributed by atoms with Crippen LogP contribution in [0.1, 0.15) is 226 Å². The normalized spacial score (nSPS) is 12.7. The maximum Gasteiger partial charge on any atom is 0.306 e. The summed E-state index contributed by atoms with van der Waals surface area (Å²) in [5, 5.41) is 8.84. The average molecular weight is 699 g/mol.